The molecule has 0 radical (unpaired) electrons. The van der Waals surface area contributed by atoms with E-state index in [4.69, 9.17) is 4.74 Å². The van der Waals surface area contributed by atoms with Crippen LogP contribution >= 0.6 is 0 Å². The molecule has 0 spiro atoms. The second kappa shape index (κ2) is 11.0. The van der Waals surface area contributed by atoms with E-state index in [2.05, 4.69) is 4.98 Å². The molecule has 32 heavy (non-hydrogen) atoms. The number of rotatable bonds is 11. The number of amides is 2. The number of likely N-dealkylation sites (N-methyl/N-ethyl adjacent to an activating group) is 1. The molecule has 0 N–H and O–H groups in total. The average molecular weight is 440 g/mol. The summed E-state index contributed by atoms with van der Waals surface area (Å²) in [5, 5.41) is 0. The van der Waals surface area contributed by atoms with Gasteiger partial charge < -0.3 is 9.64 Å². The van der Waals surface area contributed by atoms with Crippen LogP contribution in [-0.2, 0) is 20.7 Å². The summed E-state index contributed by atoms with van der Waals surface area (Å²) >= 11 is 0. The lowest BCUT2D eigenvalue weighted by atomic mass is 10.0. The molecule has 0 fully saturated rings. The zero-order chi connectivity index (χ0) is 23.1. The second-order valence-corrected chi connectivity index (χ2v) is 7.95. The van der Waals surface area contributed by atoms with Crippen LogP contribution in [0.4, 0.5) is 4.39 Å². The van der Waals surface area contributed by atoms with Crippen LogP contribution in [0.15, 0.2) is 54.5 Å². The van der Waals surface area contributed by atoms with Crippen LogP contribution in [0.5, 0.6) is 0 Å². The molecule has 1 aromatic heterocycles. The van der Waals surface area contributed by atoms with Gasteiger partial charge >= 0.3 is 0 Å². The van der Waals surface area contributed by atoms with Crippen molar-refractivity contribution in [2.45, 2.75) is 39.7 Å². The van der Waals surface area contributed by atoms with Crippen molar-refractivity contribution in [3.63, 3.8) is 0 Å². The summed E-state index contributed by atoms with van der Waals surface area (Å²) in [5.41, 5.74) is 2.35. The Hall–Kier alpha value is -3.06. The number of aromatic nitrogens is 1. The SMILES string of the molecule is CCN(CCc1ccncc1)C1=C(c2ccc(F)cc2)C(=O)N(CCCOC(C)C)C1=O. The third kappa shape index (κ3) is 5.59. The molecule has 3 rings (SSSR count). The van der Waals surface area contributed by atoms with Gasteiger partial charge in [-0.25, -0.2) is 4.39 Å². The predicted molar refractivity (Wildman–Crippen MR) is 121 cm³/mol. The molecule has 2 heterocycles. The highest BCUT2D eigenvalue weighted by Crippen LogP contribution is 2.32. The largest absolute Gasteiger partial charge is 0.379 e. The topological polar surface area (TPSA) is 62.7 Å². The molecule has 1 aliphatic heterocycles. The van der Waals surface area contributed by atoms with Gasteiger partial charge in [-0.15, -0.1) is 0 Å². The number of imide groups is 1. The van der Waals surface area contributed by atoms with Crippen LogP contribution in [0.2, 0.25) is 0 Å². The van der Waals surface area contributed by atoms with Gasteiger partial charge in [0.2, 0.25) is 0 Å². The van der Waals surface area contributed by atoms with Gasteiger partial charge in [-0.1, -0.05) is 12.1 Å². The lowest BCUT2D eigenvalue weighted by molar-refractivity contribution is -0.137. The fourth-order valence-corrected chi connectivity index (χ4v) is 3.72. The molecule has 6 nitrogen and oxygen atoms in total. The van der Waals surface area contributed by atoms with Gasteiger partial charge in [0.15, 0.2) is 0 Å². The smallest absolute Gasteiger partial charge is 0.277 e. The Bertz CT molecular complexity index is 958. The molecule has 0 saturated carbocycles. The average Bonchev–Trinajstić information content (AvgIpc) is 3.03. The molecule has 1 aliphatic rings. The van der Waals surface area contributed by atoms with Crippen molar-refractivity contribution in [2.75, 3.05) is 26.2 Å². The summed E-state index contributed by atoms with van der Waals surface area (Å²) in [7, 11) is 0. The van der Waals surface area contributed by atoms with E-state index < -0.39 is 0 Å². The fraction of sp³-hybridized carbons (Fsp3) is 0.400. The highest BCUT2D eigenvalue weighted by atomic mass is 19.1. The van der Waals surface area contributed by atoms with Crippen molar-refractivity contribution >= 4 is 17.4 Å². The van der Waals surface area contributed by atoms with E-state index in [1.807, 2.05) is 37.8 Å². The standard InChI is InChI=1S/C25H30FN3O3/c1-4-28(16-12-19-10-13-27-14-11-19)23-22(20-6-8-21(26)9-7-20)24(30)29(25(23)31)15-5-17-32-18(2)3/h6-11,13-14,18H,4-5,12,15-17H2,1-3H3. The summed E-state index contributed by atoms with van der Waals surface area (Å²) in [6.07, 6.45) is 4.83. The van der Waals surface area contributed by atoms with Crippen LogP contribution in [0.1, 0.15) is 38.3 Å². The van der Waals surface area contributed by atoms with Gasteiger partial charge in [-0.3, -0.25) is 19.5 Å². The summed E-state index contributed by atoms with van der Waals surface area (Å²) in [6.45, 7) is 7.73. The van der Waals surface area contributed by atoms with Crippen molar-refractivity contribution < 1.29 is 18.7 Å². The van der Waals surface area contributed by atoms with Crippen molar-refractivity contribution in [2.24, 2.45) is 0 Å². The second-order valence-electron chi connectivity index (χ2n) is 7.95. The lowest BCUT2D eigenvalue weighted by Crippen LogP contribution is -2.37. The van der Waals surface area contributed by atoms with Gasteiger partial charge in [-0.2, -0.15) is 0 Å². The summed E-state index contributed by atoms with van der Waals surface area (Å²) in [5.74, 6) is -1.04. The lowest BCUT2D eigenvalue weighted by Gasteiger charge is -2.25. The maximum Gasteiger partial charge on any atom is 0.277 e. The van der Waals surface area contributed by atoms with E-state index in [-0.39, 0.29) is 30.3 Å². The first-order valence-corrected chi connectivity index (χ1v) is 11.0. The number of ether oxygens (including phenoxy) is 1. The first-order valence-electron chi connectivity index (χ1n) is 11.0. The van der Waals surface area contributed by atoms with Crippen molar-refractivity contribution in [1.29, 1.82) is 0 Å². The Kier molecular flexibility index (Phi) is 8.11. The summed E-state index contributed by atoms with van der Waals surface area (Å²) in [6, 6.07) is 9.60. The zero-order valence-electron chi connectivity index (χ0n) is 18.9. The third-order valence-electron chi connectivity index (χ3n) is 5.37. The molecule has 2 amide bonds. The fourth-order valence-electron chi connectivity index (χ4n) is 3.72. The molecule has 7 heteroatoms. The molecular weight excluding hydrogens is 409 g/mol. The molecule has 0 bridgehead atoms. The van der Waals surface area contributed by atoms with Gasteiger partial charge in [-0.05, 0) is 69.0 Å². The van der Waals surface area contributed by atoms with E-state index in [0.717, 1.165) is 5.56 Å². The van der Waals surface area contributed by atoms with Gasteiger partial charge in [0, 0.05) is 38.6 Å². The maximum atomic E-state index is 13.5. The molecule has 170 valence electrons. The van der Waals surface area contributed by atoms with Crippen LogP contribution in [0, 0.1) is 5.82 Å². The Labute approximate surface area is 188 Å². The minimum atomic E-state index is -0.389. The zero-order valence-corrected chi connectivity index (χ0v) is 18.9. The highest BCUT2D eigenvalue weighted by molar-refractivity contribution is 6.35. The first-order chi connectivity index (χ1) is 15.4. The van der Waals surface area contributed by atoms with Crippen LogP contribution in [-0.4, -0.2) is 58.9 Å². The summed E-state index contributed by atoms with van der Waals surface area (Å²) in [4.78, 5) is 34.0. The highest BCUT2D eigenvalue weighted by Gasteiger charge is 2.40. The first kappa shape index (κ1) is 23.6. The molecule has 0 saturated heterocycles. The molecular formula is C25H30FN3O3. The Morgan fingerprint density at radius 3 is 2.38 bits per heavy atom. The van der Waals surface area contributed by atoms with Crippen LogP contribution < -0.4 is 0 Å². The summed E-state index contributed by atoms with van der Waals surface area (Å²) < 4.78 is 19.1. The number of hydrogen-bond donors (Lipinski definition) is 0. The van der Waals surface area contributed by atoms with Crippen molar-refractivity contribution in [1.82, 2.24) is 14.8 Å². The molecule has 0 unspecified atom stereocenters. The minimum absolute atomic E-state index is 0.0900. The van der Waals surface area contributed by atoms with Gasteiger partial charge in [0.1, 0.15) is 11.5 Å². The minimum Gasteiger partial charge on any atom is -0.379 e. The van der Waals surface area contributed by atoms with E-state index >= 15 is 0 Å². The Morgan fingerprint density at radius 2 is 1.75 bits per heavy atom. The molecule has 2 aromatic rings. The predicted octanol–water partition coefficient (Wildman–Crippen LogP) is 3.68. The number of pyridine rings is 1. The molecule has 1 aromatic carbocycles. The Balaban J connectivity index is 1.87. The molecule has 0 atom stereocenters. The third-order valence-corrected chi connectivity index (χ3v) is 5.37. The number of carbonyl (C=O) groups excluding carboxylic acids is 2. The van der Waals surface area contributed by atoms with E-state index in [0.29, 0.717) is 49.4 Å². The van der Waals surface area contributed by atoms with Crippen molar-refractivity contribution in [3.8, 4) is 0 Å². The maximum absolute atomic E-state index is 13.5. The number of benzene rings is 1. The molecule has 0 aliphatic carbocycles. The number of nitrogens with zero attached hydrogens (tertiary/aromatic N) is 3. The monoisotopic (exact) mass is 439 g/mol. The van der Waals surface area contributed by atoms with Gasteiger partial charge in [0.25, 0.3) is 11.8 Å². The van der Waals surface area contributed by atoms with Gasteiger partial charge in [0.05, 0.1) is 11.7 Å². The number of halogens is 1. The Morgan fingerprint density at radius 1 is 1.06 bits per heavy atom. The normalized spacial score (nSPS) is 14.1. The van der Waals surface area contributed by atoms with E-state index in [9.17, 15) is 14.0 Å². The van der Waals surface area contributed by atoms with Crippen LogP contribution in [0.25, 0.3) is 5.57 Å². The van der Waals surface area contributed by atoms with E-state index in [1.54, 1.807) is 24.5 Å². The number of carbonyl (C=O) groups is 2. The van der Waals surface area contributed by atoms with E-state index in [1.165, 1.54) is 17.0 Å². The number of hydrogen-bond acceptors (Lipinski definition) is 5. The van der Waals surface area contributed by atoms with Crippen molar-refractivity contribution in [3.05, 3.63) is 71.4 Å². The van der Waals surface area contributed by atoms with Crippen LogP contribution in [0.3, 0.4) is 0 Å². The quantitative estimate of drug-likeness (QED) is 0.395.